The molecule has 0 aliphatic carbocycles. The van der Waals surface area contributed by atoms with E-state index in [0.29, 0.717) is 12.6 Å². The summed E-state index contributed by atoms with van der Waals surface area (Å²) in [5.41, 5.74) is 0.750. The second-order valence-electron chi connectivity index (χ2n) is 6.27. The Hall–Kier alpha value is -2.08. The number of phenolic OH excluding ortho intramolecular Hbond substituents is 1. The lowest BCUT2D eigenvalue weighted by Gasteiger charge is -2.25. The molecule has 3 rings (SSSR count). The second-order valence-corrected chi connectivity index (χ2v) is 6.27. The van der Waals surface area contributed by atoms with Gasteiger partial charge in [-0.2, -0.15) is 0 Å². The number of rotatable bonds is 4. The normalized spacial score (nSPS) is 21.7. The Labute approximate surface area is 142 Å². The Morgan fingerprint density at radius 2 is 2.17 bits per heavy atom. The highest BCUT2D eigenvalue weighted by Crippen LogP contribution is 2.19. The molecule has 6 heteroatoms. The lowest BCUT2D eigenvalue weighted by atomic mass is 10.2. The molecule has 24 heavy (non-hydrogen) atoms. The van der Waals surface area contributed by atoms with E-state index in [1.165, 1.54) is 12.1 Å². The molecule has 1 aromatic carbocycles. The average Bonchev–Trinajstić information content (AvgIpc) is 3.25. The highest BCUT2D eigenvalue weighted by atomic mass is 19.1. The lowest BCUT2D eigenvalue weighted by Crippen LogP contribution is -2.42. The van der Waals surface area contributed by atoms with Crippen molar-refractivity contribution in [2.24, 2.45) is 4.99 Å². The van der Waals surface area contributed by atoms with E-state index >= 15 is 0 Å². The van der Waals surface area contributed by atoms with Gasteiger partial charge in [0, 0.05) is 38.8 Å². The number of hydrogen-bond acceptors (Lipinski definition) is 3. The minimum atomic E-state index is -0.601. The summed E-state index contributed by atoms with van der Waals surface area (Å²) >= 11 is 0. The predicted molar refractivity (Wildman–Crippen MR) is 93.6 cm³/mol. The zero-order valence-electron chi connectivity index (χ0n) is 14.1. The topological polar surface area (TPSA) is 51.1 Å². The molecule has 2 heterocycles. The van der Waals surface area contributed by atoms with E-state index in [1.54, 1.807) is 6.07 Å². The van der Waals surface area contributed by atoms with Crippen molar-refractivity contribution >= 4 is 5.96 Å². The maximum atomic E-state index is 13.4. The molecule has 1 aromatic rings. The number of aromatic hydroxyl groups is 1. The van der Waals surface area contributed by atoms with Gasteiger partial charge in [-0.3, -0.25) is 4.90 Å². The zero-order chi connectivity index (χ0) is 16.9. The van der Waals surface area contributed by atoms with Crippen molar-refractivity contribution in [2.45, 2.75) is 25.9 Å². The first-order valence-corrected chi connectivity index (χ1v) is 8.57. The van der Waals surface area contributed by atoms with Crippen molar-refractivity contribution in [1.29, 1.82) is 0 Å². The molecule has 2 N–H and O–H groups in total. The van der Waals surface area contributed by atoms with E-state index in [-0.39, 0.29) is 5.75 Å². The van der Waals surface area contributed by atoms with Crippen LogP contribution < -0.4 is 5.32 Å². The largest absolute Gasteiger partial charge is 0.505 e. The number of guanidine groups is 1. The van der Waals surface area contributed by atoms with Crippen molar-refractivity contribution in [1.82, 2.24) is 15.1 Å². The van der Waals surface area contributed by atoms with Crippen LogP contribution in [-0.2, 0) is 6.54 Å². The summed E-state index contributed by atoms with van der Waals surface area (Å²) in [6.07, 6.45) is 5.59. The molecule has 2 aliphatic rings. The highest BCUT2D eigenvalue weighted by Gasteiger charge is 2.29. The first-order valence-electron chi connectivity index (χ1n) is 8.57. The number of likely N-dealkylation sites (tertiary alicyclic amines) is 1. The molecule has 130 valence electrons. The predicted octanol–water partition coefficient (Wildman–Crippen LogP) is 1.94. The van der Waals surface area contributed by atoms with Gasteiger partial charge in [-0.1, -0.05) is 18.2 Å². The van der Waals surface area contributed by atoms with Gasteiger partial charge in [0.1, 0.15) is 0 Å². The van der Waals surface area contributed by atoms with Crippen LogP contribution in [0.4, 0.5) is 4.39 Å². The minimum Gasteiger partial charge on any atom is -0.505 e. The summed E-state index contributed by atoms with van der Waals surface area (Å²) < 4.78 is 13.4. The molecule has 1 fully saturated rings. The van der Waals surface area contributed by atoms with E-state index in [1.807, 2.05) is 6.92 Å². The number of nitrogens with one attached hydrogen (secondary N) is 1. The number of hydrogen-bond donors (Lipinski definition) is 2. The van der Waals surface area contributed by atoms with E-state index in [0.717, 1.165) is 50.7 Å². The first-order chi connectivity index (χ1) is 11.7. The molecule has 0 radical (unpaired) electrons. The number of halogens is 1. The van der Waals surface area contributed by atoms with Gasteiger partial charge in [-0.15, -0.1) is 0 Å². The van der Waals surface area contributed by atoms with Crippen LogP contribution in [0.15, 0.2) is 35.3 Å². The van der Waals surface area contributed by atoms with Gasteiger partial charge in [0.2, 0.25) is 0 Å². The standard InChI is InChI=1S/C18H25FN4O/c1-2-20-18(21-12-14-5-6-17(24)16(19)11-14)23-10-7-15(13-23)22-8-3-4-9-22/h3-6,11,15,24H,2,7-10,12-13H2,1H3,(H,20,21). The fourth-order valence-corrected chi connectivity index (χ4v) is 3.27. The van der Waals surface area contributed by atoms with Crippen molar-refractivity contribution in [3.05, 3.63) is 41.7 Å². The maximum Gasteiger partial charge on any atom is 0.194 e. The molecule has 1 saturated heterocycles. The molecule has 1 unspecified atom stereocenters. The molecule has 0 spiro atoms. The minimum absolute atomic E-state index is 0.323. The zero-order valence-corrected chi connectivity index (χ0v) is 14.1. The summed E-state index contributed by atoms with van der Waals surface area (Å²) in [4.78, 5) is 9.41. The summed E-state index contributed by atoms with van der Waals surface area (Å²) in [6, 6.07) is 4.98. The first kappa shape index (κ1) is 16.8. The monoisotopic (exact) mass is 332 g/mol. The van der Waals surface area contributed by atoms with Crippen LogP contribution in [0.1, 0.15) is 18.9 Å². The Morgan fingerprint density at radius 1 is 1.38 bits per heavy atom. The van der Waals surface area contributed by atoms with Crippen LogP contribution in [0.2, 0.25) is 0 Å². The van der Waals surface area contributed by atoms with Crippen LogP contribution in [0.3, 0.4) is 0 Å². The smallest absolute Gasteiger partial charge is 0.194 e. The quantitative estimate of drug-likeness (QED) is 0.503. The summed E-state index contributed by atoms with van der Waals surface area (Å²) in [5, 5.41) is 12.6. The molecule has 2 aliphatic heterocycles. The van der Waals surface area contributed by atoms with Gasteiger partial charge in [-0.05, 0) is 31.0 Å². The maximum absolute atomic E-state index is 13.4. The van der Waals surface area contributed by atoms with Gasteiger partial charge in [-0.25, -0.2) is 9.38 Å². The van der Waals surface area contributed by atoms with Crippen LogP contribution >= 0.6 is 0 Å². The molecule has 5 nitrogen and oxygen atoms in total. The average molecular weight is 332 g/mol. The van der Waals surface area contributed by atoms with Crippen molar-refractivity contribution in [2.75, 3.05) is 32.7 Å². The fraction of sp³-hybridized carbons (Fsp3) is 0.500. The Kier molecular flexibility index (Phi) is 5.35. The van der Waals surface area contributed by atoms with Gasteiger partial charge in [0.25, 0.3) is 0 Å². The third-order valence-electron chi connectivity index (χ3n) is 4.58. The fourth-order valence-electron chi connectivity index (χ4n) is 3.27. The number of nitrogens with zero attached hydrogens (tertiary/aromatic N) is 3. The third kappa shape index (κ3) is 3.87. The van der Waals surface area contributed by atoms with Crippen LogP contribution in [0.5, 0.6) is 5.75 Å². The molecule has 0 saturated carbocycles. The van der Waals surface area contributed by atoms with E-state index in [2.05, 4.69) is 32.3 Å². The van der Waals surface area contributed by atoms with Crippen LogP contribution in [0, 0.1) is 5.82 Å². The Balaban J connectivity index is 1.64. The molecule has 0 amide bonds. The summed E-state index contributed by atoms with van der Waals surface area (Å²) in [5.74, 6) is -0.0487. The SMILES string of the molecule is CCNC(=NCc1ccc(O)c(F)c1)N1CCC(N2CC=CC2)C1. The van der Waals surface area contributed by atoms with E-state index < -0.39 is 5.82 Å². The molecular formula is C18H25FN4O. The van der Waals surface area contributed by atoms with E-state index in [4.69, 9.17) is 0 Å². The number of aliphatic imine (C=N–C) groups is 1. The highest BCUT2D eigenvalue weighted by molar-refractivity contribution is 5.80. The molecule has 1 atom stereocenters. The molecule has 0 aromatic heterocycles. The van der Waals surface area contributed by atoms with Crippen LogP contribution in [-0.4, -0.2) is 59.6 Å². The van der Waals surface area contributed by atoms with Crippen molar-refractivity contribution < 1.29 is 9.50 Å². The van der Waals surface area contributed by atoms with Crippen LogP contribution in [0.25, 0.3) is 0 Å². The van der Waals surface area contributed by atoms with Crippen molar-refractivity contribution in [3.63, 3.8) is 0 Å². The Morgan fingerprint density at radius 3 is 2.88 bits per heavy atom. The molecule has 0 bridgehead atoms. The lowest BCUT2D eigenvalue weighted by molar-refractivity contribution is 0.259. The second kappa shape index (κ2) is 7.66. The summed E-state index contributed by atoms with van der Waals surface area (Å²) in [6.45, 7) is 7.28. The van der Waals surface area contributed by atoms with Crippen molar-refractivity contribution in [3.8, 4) is 5.75 Å². The van der Waals surface area contributed by atoms with E-state index in [9.17, 15) is 9.50 Å². The number of benzene rings is 1. The van der Waals surface area contributed by atoms with Gasteiger partial charge >= 0.3 is 0 Å². The number of phenols is 1. The van der Waals surface area contributed by atoms with Gasteiger partial charge in [0.15, 0.2) is 17.5 Å². The molecular weight excluding hydrogens is 307 g/mol. The van der Waals surface area contributed by atoms with Gasteiger partial charge in [0.05, 0.1) is 6.54 Å². The third-order valence-corrected chi connectivity index (χ3v) is 4.58. The summed E-state index contributed by atoms with van der Waals surface area (Å²) in [7, 11) is 0. The Bertz CT molecular complexity index is 623. The van der Waals surface area contributed by atoms with Gasteiger partial charge < -0.3 is 15.3 Å².